The second kappa shape index (κ2) is 8.11. The Morgan fingerprint density at radius 2 is 1.80 bits per heavy atom. The maximum absolute atomic E-state index is 12.6. The molecule has 2 aromatic rings. The highest BCUT2D eigenvalue weighted by atomic mass is 16.5. The number of carbonyl (C=O) groups excluding carboxylic acids is 3. The Hall–Kier alpha value is -3.14. The molecule has 0 N–H and O–H groups in total. The van der Waals surface area contributed by atoms with Crippen LogP contribution in [-0.2, 0) is 25.5 Å². The summed E-state index contributed by atoms with van der Waals surface area (Å²) in [6, 6.07) is 9.34. The van der Waals surface area contributed by atoms with Gasteiger partial charge in [-0.1, -0.05) is 18.2 Å². The van der Waals surface area contributed by atoms with E-state index in [1.54, 1.807) is 18.3 Å². The van der Waals surface area contributed by atoms with E-state index < -0.39 is 17.9 Å². The van der Waals surface area contributed by atoms with Gasteiger partial charge in [-0.2, -0.15) is 5.26 Å². The largest absolute Gasteiger partial charge is 0.468 e. The first-order valence-corrected chi connectivity index (χ1v) is 7.68. The van der Waals surface area contributed by atoms with Crippen molar-refractivity contribution in [2.45, 2.75) is 19.3 Å². The molecule has 0 aliphatic rings. The van der Waals surface area contributed by atoms with Gasteiger partial charge in [-0.25, -0.2) is 0 Å². The Morgan fingerprint density at radius 3 is 2.40 bits per heavy atom. The van der Waals surface area contributed by atoms with Crippen LogP contribution in [-0.4, -0.2) is 36.6 Å². The monoisotopic (exact) mass is 342 g/mol. The number of carbonyl (C=O) groups is 3. The number of aromatic nitrogens is 1. The lowest BCUT2D eigenvalue weighted by molar-refractivity contribution is -0.158. The third-order valence-corrected chi connectivity index (χ3v) is 3.95. The van der Waals surface area contributed by atoms with E-state index in [1.165, 1.54) is 18.8 Å². The van der Waals surface area contributed by atoms with E-state index in [4.69, 9.17) is 5.26 Å². The molecular weight excluding hydrogens is 324 g/mol. The van der Waals surface area contributed by atoms with Crippen LogP contribution in [0.25, 0.3) is 10.9 Å². The summed E-state index contributed by atoms with van der Waals surface area (Å²) in [6.07, 6.45) is 1.76. The molecule has 130 valence electrons. The third-order valence-electron chi connectivity index (χ3n) is 3.95. The van der Waals surface area contributed by atoms with Crippen molar-refractivity contribution in [3.8, 4) is 6.07 Å². The number of hydrogen-bond acceptors (Lipinski definition) is 6. The van der Waals surface area contributed by atoms with Gasteiger partial charge in [0.25, 0.3) is 0 Å². The summed E-state index contributed by atoms with van der Waals surface area (Å²) in [7, 11) is 2.35. The van der Waals surface area contributed by atoms with Crippen LogP contribution in [0.15, 0.2) is 30.5 Å². The van der Waals surface area contributed by atoms with Crippen LogP contribution in [0.2, 0.25) is 0 Å². The van der Waals surface area contributed by atoms with E-state index in [0.717, 1.165) is 10.9 Å². The van der Waals surface area contributed by atoms with Crippen molar-refractivity contribution in [1.82, 2.24) is 4.57 Å². The molecule has 1 heterocycles. The SMILES string of the molecule is COC(=O)C(CCC(=O)n1cc(CC#N)c2ccccc21)C(=O)OC. The maximum atomic E-state index is 12.6. The number of nitrogens with zero attached hydrogens (tertiary/aromatic N) is 2. The van der Waals surface area contributed by atoms with Gasteiger partial charge in [-0.15, -0.1) is 0 Å². The van der Waals surface area contributed by atoms with Gasteiger partial charge in [-0.05, 0) is 18.1 Å². The summed E-state index contributed by atoms with van der Waals surface area (Å²) in [4.78, 5) is 36.0. The van der Waals surface area contributed by atoms with Gasteiger partial charge >= 0.3 is 11.9 Å². The zero-order valence-electron chi connectivity index (χ0n) is 14.0. The number of rotatable bonds is 6. The van der Waals surface area contributed by atoms with Crippen molar-refractivity contribution in [1.29, 1.82) is 5.26 Å². The van der Waals surface area contributed by atoms with E-state index in [9.17, 15) is 14.4 Å². The molecule has 0 bridgehead atoms. The van der Waals surface area contributed by atoms with Crippen molar-refractivity contribution in [2.75, 3.05) is 14.2 Å². The van der Waals surface area contributed by atoms with Crippen LogP contribution >= 0.6 is 0 Å². The predicted octanol–water partition coefficient (Wildman–Crippen LogP) is 2.09. The van der Waals surface area contributed by atoms with E-state index in [-0.39, 0.29) is 25.2 Å². The molecular formula is C18H18N2O5. The number of hydrogen-bond donors (Lipinski definition) is 0. The topological polar surface area (TPSA) is 98.4 Å². The summed E-state index contributed by atoms with van der Waals surface area (Å²) in [5.74, 6) is -2.89. The van der Waals surface area contributed by atoms with Gasteiger partial charge < -0.3 is 9.47 Å². The average molecular weight is 342 g/mol. The third kappa shape index (κ3) is 3.86. The molecule has 2 rings (SSSR count). The molecule has 0 saturated heterocycles. The Morgan fingerprint density at radius 1 is 1.16 bits per heavy atom. The lowest BCUT2D eigenvalue weighted by atomic mass is 10.0. The lowest BCUT2D eigenvalue weighted by Crippen LogP contribution is -2.27. The van der Waals surface area contributed by atoms with Gasteiger partial charge in [0.05, 0.1) is 32.2 Å². The molecule has 7 heteroatoms. The molecule has 0 unspecified atom stereocenters. The molecule has 0 spiro atoms. The predicted molar refractivity (Wildman–Crippen MR) is 88.6 cm³/mol. The number of nitriles is 1. The maximum Gasteiger partial charge on any atom is 0.320 e. The molecule has 0 radical (unpaired) electrons. The highest BCUT2D eigenvalue weighted by Gasteiger charge is 2.29. The highest BCUT2D eigenvalue weighted by molar-refractivity contribution is 5.97. The number of methoxy groups -OCH3 is 2. The molecule has 0 saturated carbocycles. The fourth-order valence-electron chi connectivity index (χ4n) is 2.69. The van der Waals surface area contributed by atoms with Crippen molar-refractivity contribution in [3.05, 3.63) is 36.0 Å². The molecule has 1 aromatic heterocycles. The number of para-hydroxylation sites is 1. The summed E-state index contributed by atoms with van der Waals surface area (Å²) in [6.45, 7) is 0. The van der Waals surface area contributed by atoms with E-state index in [0.29, 0.717) is 5.52 Å². The molecule has 7 nitrogen and oxygen atoms in total. The summed E-state index contributed by atoms with van der Waals surface area (Å²) in [5, 5.41) is 9.76. The van der Waals surface area contributed by atoms with Gasteiger partial charge in [0.1, 0.15) is 0 Å². The fraction of sp³-hybridized carbons (Fsp3) is 0.333. The van der Waals surface area contributed by atoms with Crippen LogP contribution in [0.5, 0.6) is 0 Å². The number of esters is 2. The summed E-state index contributed by atoms with van der Waals surface area (Å²) in [5.41, 5.74) is 1.44. The van der Waals surface area contributed by atoms with Gasteiger partial charge in [0, 0.05) is 18.0 Å². The van der Waals surface area contributed by atoms with Crippen LogP contribution < -0.4 is 0 Å². The molecule has 1 aromatic carbocycles. The molecule has 0 atom stereocenters. The van der Waals surface area contributed by atoms with E-state index in [2.05, 4.69) is 15.5 Å². The van der Waals surface area contributed by atoms with Crippen molar-refractivity contribution < 1.29 is 23.9 Å². The molecule has 0 aliphatic carbocycles. The number of fused-ring (bicyclic) bond motifs is 1. The smallest absolute Gasteiger partial charge is 0.320 e. The van der Waals surface area contributed by atoms with Crippen LogP contribution in [0.1, 0.15) is 23.2 Å². The first kappa shape index (κ1) is 18.2. The van der Waals surface area contributed by atoms with Gasteiger partial charge in [0.2, 0.25) is 5.91 Å². The minimum atomic E-state index is -1.14. The van der Waals surface area contributed by atoms with Gasteiger partial charge in [0.15, 0.2) is 5.92 Å². The van der Waals surface area contributed by atoms with Crippen LogP contribution in [0.3, 0.4) is 0 Å². The zero-order valence-corrected chi connectivity index (χ0v) is 14.0. The fourth-order valence-corrected chi connectivity index (χ4v) is 2.69. The Bertz CT molecular complexity index is 831. The average Bonchev–Trinajstić information content (AvgIpc) is 3.00. The zero-order chi connectivity index (χ0) is 18.4. The van der Waals surface area contributed by atoms with Crippen LogP contribution in [0, 0.1) is 17.2 Å². The molecule has 0 fully saturated rings. The molecule has 0 aliphatic heterocycles. The quantitative estimate of drug-likeness (QED) is 0.589. The standard InChI is InChI=1S/C18H18N2O5/c1-24-17(22)14(18(23)25-2)7-8-16(21)20-11-12(9-10-19)13-5-3-4-6-15(13)20/h3-6,11,14H,7-9H2,1-2H3. The second-order valence-electron chi connectivity index (χ2n) is 5.41. The number of ether oxygens (including phenoxy) is 2. The van der Waals surface area contributed by atoms with E-state index >= 15 is 0 Å². The highest BCUT2D eigenvalue weighted by Crippen LogP contribution is 2.23. The van der Waals surface area contributed by atoms with Crippen molar-refractivity contribution >= 4 is 28.7 Å². The molecule has 25 heavy (non-hydrogen) atoms. The minimum Gasteiger partial charge on any atom is -0.468 e. The van der Waals surface area contributed by atoms with Crippen LogP contribution in [0.4, 0.5) is 0 Å². The normalized spacial score (nSPS) is 10.5. The Labute approximate surface area is 144 Å². The first-order valence-electron chi connectivity index (χ1n) is 7.68. The Balaban J connectivity index is 2.23. The van der Waals surface area contributed by atoms with E-state index in [1.807, 2.05) is 12.1 Å². The van der Waals surface area contributed by atoms with Gasteiger partial charge in [-0.3, -0.25) is 19.0 Å². The minimum absolute atomic E-state index is 0.0156. The second-order valence-corrected chi connectivity index (χ2v) is 5.41. The molecule has 0 amide bonds. The summed E-state index contributed by atoms with van der Waals surface area (Å²) >= 11 is 0. The van der Waals surface area contributed by atoms with Crippen molar-refractivity contribution in [2.24, 2.45) is 5.92 Å². The lowest BCUT2D eigenvalue weighted by Gasteiger charge is -2.12. The summed E-state index contributed by atoms with van der Waals surface area (Å²) < 4.78 is 10.6. The first-order chi connectivity index (χ1) is 12.0. The number of benzene rings is 1. The van der Waals surface area contributed by atoms with Crippen molar-refractivity contribution in [3.63, 3.8) is 0 Å². The Kier molecular flexibility index (Phi) is 5.90.